The van der Waals surface area contributed by atoms with E-state index in [4.69, 9.17) is 4.74 Å². The number of carbonyl (C=O) groups is 1. The van der Waals surface area contributed by atoms with Gasteiger partial charge in [0.05, 0.1) is 29.2 Å². The van der Waals surface area contributed by atoms with E-state index in [9.17, 15) is 10.1 Å². The summed E-state index contributed by atoms with van der Waals surface area (Å²) >= 11 is 1.37. The number of tetrazole rings is 1. The number of hydrogen-bond acceptors (Lipinski definition) is 8. The van der Waals surface area contributed by atoms with Gasteiger partial charge in [0.25, 0.3) is 0 Å². The molecule has 8 nitrogen and oxygen atoms in total. The largest absolute Gasteiger partial charge is 0.462 e. The van der Waals surface area contributed by atoms with Crippen molar-refractivity contribution in [1.82, 2.24) is 25.2 Å². The van der Waals surface area contributed by atoms with Crippen LogP contribution in [0.15, 0.2) is 11.1 Å². The summed E-state index contributed by atoms with van der Waals surface area (Å²) in [5.41, 5.74) is 1.18. The minimum atomic E-state index is -0.470. The highest BCUT2D eigenvalue weighted by Crippen LogP contribution is 2.25. The topological polar surface area (TPSA) is 107 Å². The van der Waals surface area contributed by atoms with Crippen molar-refractivity contribution in [2.24, 2.45) is 0 Å². The third kappa shape index (κ3) is 4.08. The fourth-order valence-corrected chi connectivity index (χ4v) is 2.97. The molecule has 2 heterocycles. The number of thioether (sulfide) groups is 1. The van der Waals surface area contributed by atoms with E-state index in [0.29, 0.717) is 27.6 Å². The quantitative estimate of drug-likeness (QED) is 0.554. The van der Waals surface area contributed by atoms with Crippen molar-refractivity contribution in [3.63, 3.8) is 0 Å². The van der Waals surface area contributed by atoms with E-state index >= 15 is 0 Å². The molecule has 0 fully saturated rings. The number of nitrogens with zero attached hydrogens (tertiary/aromatic N) is 6. The minimum absolute atomic E-state index is 0.275. The van der Waals surface area contributed by atoms with Crippen LogP contribution >= 0.6 is 11.8 Å². The van der Waals surface area contributed by atoms with E-state index in [1.165, 1.54) is 17.8 Å². The van der Waals surface area contributed by atoms with Gasteiger partial charge >= 0.3 is 5.97 Å². The SMILES string of the molecule is CCCn1nnnc1CSc1nc(C)c(C(=O)OCC)cc1C#N. The van der Waals surface area contributed by atoms with Gasteiger partial charge in [-0.15, -0.1) is 5.10 Å². The zero-order chi connectivity index (χ0) is 17.5. The summed E-state index contributed by atoms with van der Waals surface area (Å²) in [5.74, 6) is 0.745. The average molecular weight is 346 g/mol. The van der Waals surface area contributed by atoms with Crippen molar-refractivity contribution in [3.8, 4) is 6.07 Å². The molecule has 126 valence electrons. The first-order chi connectivity index (χ1) is 11.6. The fraction of sp³-hybridized carbons (Fsp3) is 0.467. The number of esters is 1. The zero-order valence-electron chi connectivity index (χ0n) is 13.8. The minimum Gasteiger partial charge on any atom is -0.462 e. The van der Waals surface area contributed by atoms with Crippen molar-refractivity contribution in [1.29, 1.82) is 5.26 Å². The molecule has 0 saturated heterocycles. The van der Waals surface area contributed by atoms with Crippen LogP contribution in [0.25, 0.3) is 0 Å². The molecule has 2 rings (SSSR count). The van der Waals surface area contributed by atoms with Gasteiger partial charge in [-0.2, -0.15) is 5.26 Å². The van der Waals surface area contributed by atoms with Crippen molar-refractivity contribution in [3.05, 3.63) is 28.7 Å². The van der Waals surface area contributed by atoms with E-state index in [1.54, 1.807) is 18.5 Å². The highest BCUT2D eigenvalue weighted by molar-refractivity contribution is 7.98. The molecule has 0 spiro atoms. The summed E-state index contributed by atoms with van der Waals surface area (Å²) < 4.78 is 6.72. The van der Waals surface area contributed by atoms with Gasteiger partial charge in [-0.25, -0.2) is 14.5 Å². The van der Waals surface area contributed by atoms with Crippen molar-refractivity contribution >= 4 is 17.7 Å². The predicted molar refractivity (Wildman–Crippen MR) is 87.3 cm³/mol. The van der Waals surface area contributed by atoms with E-state index in [-0.39, 0.29) is 6.61 Å². The third-order valence-electron chi connectivity index (χ3n) is 3.17. The first-order valence-corrected chi connectivity index (χ1v) is 8.55. The number of pyridine rings is 1. The number of aromatic nitrogens is 5. The molecule has 0 atom stereocenters. The van der Waals surface area contributed by atoms with E-state index < -0.39 is 5.97 Å². The number of carbonyl (C=O) groups excluding carboxylic acids is 1. The Labute approximate surface area is 144 Å². The fourth-order valence-electron chi connectivity index (χ4n) is 2.03. The Balaban J connectivity index is 2.21. The lowest BCUT2D eigenvalue weighted by Gasteiger charge is -2.09. The summed E-state index contributed by atoms with van der Waals surface area (Å²) in [6, 6.07) is 3.61. The van der Waals surface area contributed by atoms with Crippen LogP contribution in [0.1, 0.15) is 47.7 Å². The van der Waals surface area contributed by atoms with Gasteiger partial charge in [0.2, 0.25) is 0 Å². The van der Waals surface area contributed by atoms with Crippen LogP contribution in [0, 0.1) is 18.3 Å². The highest BCUT2D eigenvalue weighted by atomic mass is 32.2. The number of hydrogen-bond donors (Lipinski definition) is 0. The molecular formula is C15H18N6O2S. The smallest absolute Gasteiger partial charge is 0.340 e. The Kier molecular flexibility index (Phi) is 6.26. The summed E-state index contributed by atoms with van der Waals surface area (Å²) in [4.78, 5) is 16.3. The molecule has 0 unspecified atom stereocenters. The van der Waals surface area contributed by atoms with Crippen molar-refractivity contribution < 1.29 is 9.53 Å². The summed E-state index contributed by atoms with van der Waals surface area (Å²) in [7, 11) is 0. The number of ether oxygens (including phenoxy) is 1. The van der Waals surface area contributed by atoms with Gasteiger partial charge in [0.15, 0.2) is 5.82 Å². The Morgan fingerprint density at radius 1 is 1.46 bits per heavy atom. The molecule has 0 saturated carbocycles. The molecule has 0 aliphatic heterocycles. The molecule has 0 aliphatic rings. The third-order valence-corrected chi connectivity index (χ3v) is 4.16. The van der Waals surface area contributed by atoms with Crippen LogP contribution in [0.5, 0.6) is 0 Å². The Morgan fingerprint density at radius 3 is 2.92 bits per heavy atom. The van der Waals surface area contributed by atoms with Crippen LogP contribution in [0.3, 0.4) is 0 Å². The van der Waals surface area contributed by atoms with Crippen LogP contribution in [0.2, 0.25) is 0 Å². The lowest BCUT2D eigenvalue weighted by molar-refractivity contribution is 0.0524. The molecule has 2 aromatic heterocycles. The molecule has 0 aliphatic carbocycles. The summed E-state index contributed by atoms with van der Waals surface area (Å²) in [5, 5.41) is 21.5. The van der Waals surface area contributed by atoms with Gasteiger partial charge in [-0.05, 0) is 36.8 Å². The van der Waals surface area contributed by atoms with Gasteiger partial charge in [-0.1, -0.05) is 18.7 Å². The predicted octanol–water partition coefficient (Wildman–Crippen LogP) is 2.13. The van der Waals surface area contributed by atoms with Gasteiger partial charge < -0.3 is 4.74 Å². The molecule has 0 radical (unpaired) electrons. The molecule has 0 N–H and O–H groups in total. The number of aryl methyl sites for hydroxylation is 2. The first kappa shape index (κ1) is 17.9. The second kappa shape index (κ2) is 8.40. The zero-order valence-corrected chi connectivity index (χ0v) is 14.6. The molecule has 24 heavy (non-hydrogen) atoms. The number of nitriles is 1. The van der Waals surface area contributed by atoms with E-state index in [2.05, 4.69) is 26.6 Å². The van der Waals surface area contributed by atoms with E-state index in [1.807, 2.05) is 6.92 Å². The Morgan fingerprint density at radius 2 is 2.25 bits per heavy atom. The molecule has 0 aromatic carbocycles. The first-order valence-electron chi connectivity index (χ1n) is 7.57. The maximum atomic E-state index is 11.9. The average Bonchev–Trinajstić information content (AvgIpc) is 3.00. The molecular weight excluding hydrogens is 328 g/mol. The molecule has 0 bridgehead atoms. The number of rotatable bonds is 7. The molecule has 9 heteroatoms. The van der Waals surface area contributed by atoms with Gasteiger partial charge in [-0.3, -0.25) is 0 Å². The highest BCUT2D eigenvalue weighted by Gasteiger charge is 2.17. The van der Waals surface area contributed by atoms with Crippen LogP contribution in [0.4, 0.5) is 0 Å². The normalized spacial score (nSPS) is 10.4. The molecule has 2 aromatic rings. The Hall–Kier alpha value is -2.47. The lowest BCUT2D eigenvalue weighted by Crippen LogP contribution is -2.09. The van der Waals surface area contributed by atoms with Crippen molar-refractivity contribution in [2.45, 2.75) is 44.5 Å². The standard InChI is InChI=1S/C15H18N6O2S/c1-4-6-21-13(18-19-20-21)9-24-14-11(8-16)7-12(10(3)17-14)15(22)23-5-2/h7H,4-6,9H2,1-3H3. The second-order valence-electron chi connectivity index (χ2n) is 4.91. The summed E-state index contributed by atoms with van der Waals surface area (Å²) in [6.07, 6.45) is 0.928. The molecule has 0 amide bonds. The van der Waals surface area contributed by atoms with Gasteiger partial charge in [0.1, 0.15) is 11.1 Å². The van der Waals surface area contributed by atoms with Crippen LogP contribution in [-0.4, -0.2) is 37.8 Å². The van der Waals surface area contributed by atoms with Gasteiger partial charge in [0, 0.05) is 6.54 Å². The summed E-state index contributed by atoms with van der Waals surface area (Å²) in [6.45, 7) is 6.51. The second-order valence-corrected chi connectivity index (χ2v) is 5.88. The van der Waals surface area contributed by atoms with Crippen molar-refractivity contribution in [2.75, 3.05) is 6.61 Å². The lowest BCUT2D eigenvalue weighted by atomic mass is 10.1. The van der Waals surface area contributed by atoms with Crippen LogP contribution in [-0.2, 0) is 17.0 Å². The van der Waals surface area contributed by atoms with Crippen LogP contribution < -0.4 is 0 Å². The monoisotopic (exact) mass is 346 g/mol. The van der Waals surface area contributed by atoms with E-state index in [0.717, 1.165) is 18.8 Å². The maximum absolute atomic E-state index is 11.9. The Bertz CT molecular complexity index is 768. The maximum Gasteiger partial charge on any atom is 0.340 e.